The molecule has 0 aliphatic heterocycles. The molecule has 0 bridgehead atoms. The first kappa shape index (κ1) is 22.2. The highest BCUT2D eigenvalue weighted by Gasteiger charge is 2.28. The van der Waals surface area contributed by atoms with Crippen molar-refractivity contribution < 1.29 is 14.0 Å². The summed E-state index contributed by atoms with van der Waals surface area (Å²) in [6.45, 7) is 12.8. The molecule has 0 spiro atoms. The molecule has 0 fully saturated rings. The molecule has 152 valence electrons. The maximum atomic E-state index is 12.7. The lowest BCUT2D eigenvalue weighted by molar-refractivity contribution is 0.0904. The van der Waals surface area contributed by atoms with Crippen molar-refractivity contribution in [2.75, 3.05) is 6.54 Å². The highest BCUT2D eigenvalue weighted by atomic mass is 28.4. The van der Waals surface area contributed by atoms with E-state index in [0.29, 0.717) is 6.54 Å². The third-order valence-corrected chi connectivity index (χ3v) is 7.02. The van der Waals surface area contributed by atoms with Crippen LogP contribution in [0.15, 0.2) is 67.8 Å². The van der Waals surface area contributed by atoms with E-state index in [1.807, 2.05) is 36.4 Å². The van der Waals surface area contributed by atoms with Gasteiger partial charge in [-0.1, -0.05) is 54.6 Å². The number of hydrogen-bond acceptors (Lipinski definition) is 3. The normalized spacial score (nSPS) is 19.5. The van der Waals surface area contributed by atoms with E-state index in [1.54, 1.807) is 11.0 Å². The number of hydrogen-bond donors (Lipinski definition) is 0. The van der Waals surface area contributed by atoms with Crippen molar-refractivity contribution in [3.8, 4) is 0 Å². The molecule has 0 unspecified atom stereocenters. The van der Waals surface area contributed by atoms with Gasteiger partial charge >= 0.3 is 6.09 Å². The second kappa shape index (κ2) is 11.0. The molecule has 1 aliphatic carbocycles. The molecule has 2 atom stereocenters. The fourth-order valence-corrected chi connectivity index (χ4v) is 5.23. The van der Waals surface area contributed by atoms with Gasteiger partial charge in [-0.15, -0.1) is 13.2 Å². The summed E-state index contributed by atoms with van der Waals surface area (Å²) in [6.07, 6.45) is 10.6. The van der Waals surface area contributed by atoms with Crippen LogP contribution < -0.4 is 0 Å². The van der Waals surface area contributed by atoms with E-state index < -0.39 is 8.32 Å². The molecule has 1 aromatic carbocycles. The summed E-state index contributed by atoms with van der Waals surface area (Å²) in [7, 11) is -1.74. The second-order valence-electron chi connectivity index (χ2n) is 7.77. The monoisotopic (exact) mass is 399 g/mol. The van der Waals surface area contributed by atoms with Crippen molar-refractivity contribution in [3.05, 3.63) is 73.4 Å². The lowest BCUT2D eigenvalue weighted by Crippen LogP contribution is -2.39. The van der Waals surface area contributed by atoms with Gasteiger partial charge in [0.1, 0.15) is 6.61 Å². The van der Waals surface area contributed by atoms with Gasteiger partial charge in [0.25, 0.3) is 0 Å². The highest BCUT2D eigenvalue weighted by Crippen LogP contribution is 2.23. The van der Waals surface area contributed by atoms with E-state index in [2.05, 4.69) is 38.4 Å². The molecule has 0 N–H and O–H groups in total. The first-order valence-corrected chi connectivity index (χ1v) is 13.1. The predicted octanol–water partition coefficient (Wildman–Crippen LogP) is 5.70. The van der Waals surface area contributed by atoms with E-state index in [4.69, 9.17) is 9.16 Å². The summed E-state index contributed by atoms with van der Waals surface area (Å²) < 4.78 is 11.9. The van der Waals surface area contributed by atoms with Crippen molar-refractivity contribution in [3.63, 3.8) is 0 Å². The van der Waals surface area contributed by atoms with Crippen LogP contribution in [0.3, 0.4) is 0 Å². The Morgan fingerprint density at radius 1 is 1.18 bits per heavy atom. The lowest BCUT2D eigenvalue weighted by Gasteiger charge is -2.27. The topological polar surface area (TPSA) is 38.8 Å². The SMILES string of the molecule is C=CCN(C(=O)OCc1ccccc1)[C@H]1C=C[C@H](O[Si](C)(C)CC=C)CCC1. The lowest BCUT2D eigenvalue weighted by atomic mass is 10.1. The number of carbonyl (C=O) groups excluding carboxylic acids is 1. The number of allylic oxidation sites excluding steroid dienone is 1. The number of nitrogens with zero attached hydrogens (tertiary/aromatic N) is 1. The fourth-order valence-electron chi connectivity index (χ4n) is 3.42. The Hall–Kier alpha value is -2.11. The van der Waals surface area contributed by atoms with Gasteiger partial charge < -0.3 is 9.16 Å². The zero-order valence-corrected chi connectivity index (χ0v) is 18.2. The molecule has 2 rings (SSSR count). The van der Waals surface area contributed by atoms with Crippen molar-refractivity contribution in [1.29, 1.82) is 0 Å². The van der Waals surface area contributed by atoms with Gasteiger partial charge in [-0.25, -0.2) is 4.79 Å². The van der Waals surface area contributed by atoms with Gasteiger partial charge in [-0.2, -0.15) is 0 Å². The molecule has 0 saturated heterocycles. The zero-order chi connectivity index (χ0) is 20.4. The molecule has 1 aliphatic rings. The molecule has 1 amide bonds. The Morgan fingerprint density at radius 3 is 2.61 bits per heavy atom. The van der Waals surface area contributed by atoms with Crippen LogP contribution >= 0.6 is 0 Å². The minimum Gasteiger partial charge on any atom is -0.445 e. The van der Waals surface area contributed by atoms with Crippen LogP contribution in [0, 0.1) is 0 Å². The first-order valence-electron chi connectivity index (χ1n) is 10.0. The van der Waals surface area contributed by atoms with Crippen LogP contribution in [-0.4, -0.2) is 38.0 Å². The molecular weight excluding hydrogens is 366 g/mol. The zero-order valence-electron chi connectivity index (χ0n) is 17.2. The number of carbonyl (C=O) groups is 1. The predicted molar refractivity (Wildman–Crippen MR) is 118 cm³/mol. The molecule has 1 aromatic rings. The van der Waals surface area contributed by atoms with E-state index in [9.17, 15) is 4.79 Å². The summed E-state index contributed by atoms with van der Waals surface area (Å²) >= 11 is 0. The van der Waals surface area contributed by atoms with Gasteiger partial charge in [-0.05, 0) is 44.0 Å². The van der Waals surface area contributed by atoms with Crippen molar-refractivity contribution in [1.82, 2.24) is 4.90 Å². The number of benzene rings is 1. The average Bonchev–Trinajstić information content (AvgIpc) is 2.90. The molecule has 0 radical (unpaired) electrons. The Labute approximate surface area is 170 Å². The maximum absolute atomic E-state index is 12.7. The Kier molecular flexibility index (Phi) is 8.73. The summed E-state index contributed by atoms with van der Waals surface area (Å²) in [5.74, 6) is 0. The molecule has 0 saturated carbocycles. The fraction of sp³-hybridized carbons (Fsp3) is 0.435. The maximum Gasteiger partial charge on any atom is 0.410 e. The van der Waals surface area contributed by atoms with Crippen molar-refractivity contribution >= 4 is 14.4 Å². The van der Waals surface area contributed by atoms with Crippen LogP contribution in [0.4, 0.5) is 4.79 Å². The van der Waals surface area contributed by atoms with Gasteiger partial charge in [0.2, 0.25) is 0 Å². The molecule has 4 nitrogen and oxygen atoms in total. The van der Waals surface area contributed by atoms with E-state index in [-0.39, 0.29) is 24.8 Å². The second-order valence-corrected chi connectivity index (χ2v) is 11.9. The minimum atomic E-state index is -1.74. The number of ether oxygens (including phenoxy) is 1. The minimum absolute atomic E-state index is 0.000874. The smallest absolute Gasteiger partial charge is 0.410 e. The number of rotatable bonds is 9. The van der Waals surface area contributed by atoms with Crippen LogP contribution in [0.25, 0.3) is 0 Å². The molecule has 5 heteroatoms. The van der Waals surface area contributed by atoms with Crippen LogP contribution in [0.5, 0.6) is 0 Å². The standard InChI is InChI=1S/C23H33NO3Si/c1-5-17-24(23(25)26-19-20-11-8-7-9-12-20)21-13-10-14-22(16-15-21)27-28(3,4)18-6-2/h5-9,11-12,15-16,21-22H,1-2,10,13-14,17-19H2,3-4H3/t21-,22-/m1/s1. The van der Waals surface area contributed by atoms with E-state index >= 15 is 0 Å². The van der Waals surface area contributed by atoms with Crippen molar-refractivity contribution in [2.24, 2.45) is 0 Å². The van der Waals surface area contributed by atoms with Crippen molar-refractivity contribution in [2.45, 2.75) is 57.2 Å². The van der Waals surface area contributed by atoms with Crippen LogP contribution in [0.1, 0.15) is 24.8 Å². The summed E-state index contributed by atoms with van der Waals surface area (Å²) in [5.41, 5.74) is 0.980. The van der Waals surface area contributed by atoms with Gasteiger partial charge in [0.15, 0.2) is 8.32 Å². The molecule has 0 aromatic heterocycles. The largest absolute Gasteiger partial charge is 0.445 e. The van der Waals surface area contributed by atoms with E-state index in [0.717, 1.165) is 30.9 Å². The summed E-state index contributed by atoms with van der Waals surface area (Å²) in [4.78, 5) is 14.5. The average molecular weight is 400 g/mol. The van der Waals surface area contributed by atoms with Crippen LogP contribution in [-0.2, 0) is 15.8 Å². The van der Waals surface area contributed by atoms with Gasteiger partial charge in [0.05, 0.1) is 12.1 Å². The summed E-state index contributed by atoms with van der Waals surface area (Å²) in [6, 6.07) is 10.7. The van der Waals surface area contributed by atoms with E-state index in [1.165, 1.54) is 0 Å². The third-order valence-electron chi connectivity index (χ3n) is 4.81. The quantitative estimate of drug-likeness (QED) is 0.395. The molecular formula is C23H33NO3Si. The first-order chi connectivity index (χ1) is 13.4. The van der Waals surface area contributed by atoms with Gasteiger partial charge in [0, 0.05) is 6.54 Å². The molecule has 28 heavy (non-hydrogen) atoms. The Balaban J connectivity index is 1.99. The Bertz CT molecular complexity index is 672. The summed E-state index contributed by atoms with van der Waals surface area (Å²) in [5, 5.41) is 0. The van der Waals surface area contributed by atoms with Gasteiger partial charge in [-0.3, -0.25) is 4.90 Å². The Morgan fingerprint density at radius 2 is 1.93 bits per heavy atom. The molecule has 0 heterocycles. The third kappa shape index (κ3) is 7.13. The number of amides is 1. The van der Waals surface area contributed by atoms with Crippen LogP contribution in [0.2, 0.25) is 19.1 Å². The highest BCUT2D eigenvalue weighted by molar-refractivity contribution is 6.71.